The first-order chi connectivity index (χ1) is 9.55. The van der Waals surface area contributed by atoms with E-state index in [0.717, 1.165) is 29.9 Å². The zero-order chi connectivity index (χ0) is 14.7. The number of rotatable bonds is 4. The number of aromatic nitrogens is 2. The van der Waals surface area contributed by atoms with Gasteiger partial charge in [-0.05, 0) is 38.3 Å². The topological polar surface area (TPSA) is 63.8 Å². The summed E-state index contributed by atoms with van der Waals surface area (Å²) in [7, 11) is 0. The summed E-state index contributed by atoms with van der Waals surface area (Å²) in [6.45, 7) is 8.44. The molecule has 0 atom stereocenters. The molecule has 3 N–H and O–H groups in total. The Morgan fingerprint density at radius 2 is 1.70 bits per heavy atom. The molecule has 0 saturated carbocycles. The fourth-order valence-corrected chi connectivity index (χ4v) is 2.60. The van der Waals surface area contributed by atoms with Gasteiger partial charge in [-0.3, -0.25) is 0 Å². The van der Waals surface area contributed by atoms with Gasteiger partial charge in [-0.15, -0.1) is 0 Å². The lowest BCUT2D eigenvalue weighted by molar-refractivity contribution is 0.874. The van der Waals surface area contributed by atoms with Gasteiger partial charge in [-0.25, -0.2) is 15.8 Å². The number of benzene rings is 1. The van der Waals surface area contributed by atoms with Gasteiger partial charge < -0.3 is 5.43 Å². The summed E-state index contributed by atoms with van der Waals surface area (Å²) >= 11 is 0. The zero-order valence-corrected chi connectivity index (χ0v) is 12.6. The molecule has 1 aromatic carbocycles. The van der Waals surface area contributed by atoms with Crippen molar-refractivity contribution in [2.24, 2.45) is 5.84 Å². The van der Waals surface area contributed by atoms with Crippen LogP contribution in [0.15, 0.2) is 18.2 Å². The smallest absolute Gasteiger partial charge is 0.162 e. The standard InChI is InChI=1S/C16H22N4/c1-5-6-13-9-14(20-17)19-16(18-13)15-11(3)7-10(2)8-12(15)4/h7-9H,5-6,17H2,1-4H3,(H,18,19,20). The molecule has 0 aliphatic heterocycles. The highest BCUT2D eigenvalue weighted by molar-refractivity contribution is 5.66. The number of aryl methyl sites for hydroxylation is 4. The Kier molecular flexibility index (Phi) is 4.35. The van der Waals surface area contributed by atoms with Crippen molar-refractivity contribution in [1.29, 1.82) is 0 Å². The summed E-state index contributed by atoms with van der Waals surface area (Å²) in [5.41, 5.74) is 8.40. The van der Waals surface area contributed by atoms with Crippen LogP contribution in [-0.2, 0) is 6.42 Å². The second-order valence-electron chi connectivity index (χ2n) is 5.24. The lowest BCUT2D eigenvalue weighted by Gasteiger charge is -2.12. The first kappa shape index (κ1) is 14.5. The Morgan fingerprint density at radius 1 is 1.05 bits per heavy atom. The molecule has 1 aromatic heterocycles. The van der Waals surface area contributed by atoms with E-state index in [9.17, 15) is 0 Å². The van der Waals surface area contributed by atoms with E-state index in [1.807, 2.05) is 6.07 Å². The van der Waals surface area contributed by atoms with E-state index in [1.54, 1.807) is 0 Å². The monoisotopic (exact) mass is 270 g/mol. The minimum atomic E-state index is 0.665. The highest BCUT2D eigenvalue weighted by Crippen LogP contribution is 2.27. The average Bonchev–Trinajstić information content (AvgIpc) is 2.37. The fourth-order valence-electron chi connectivity index (χ4n) is 2.60. The van der Waals surface area contributed by atoms with Crippen molar-refractivity contribution in [2.45, 2.75) is 40.5 Å². The van der Waals surface area contributed by atoms with Crippen molar-refractivity contribution in [3.8, 4) is 11.4 Å². The van der Waals surface area contributed by atoms with E-state index in [0.29, 0.717) is 5.82 Å². The van der Waals surface area contributed by atoms with Crippen molar-refractivity contribution < 1.29 is 0 Å². The van der Waals surface area contributed by atoms with E-state index in [2.05, 4.69) is 55.2 Å². The van der Waals surface area contributed by atoms with Crippen LogP contribution in [0.25, 0.3) is 11.4 Å². The van der Waals surface area contributed by atoms with Gasteiger partial charge in [0.2, 0.25) is 0 Å². The van der Waals surface area contributed by atoms with Crippen LogP contribution < -0.4 is 11.3 Å². The second-order valence-corrected chi connectivity index (χ2v) is 5.24. The molecule has 2 aromatic rings. The number of nitrogens with zero attached hydrogens (tertiary/aromatic N) is 2. The summed E-state index contributed by atoms with van der Waals surface area (Å²) in [6, 6.07) is 6.23. The van der Waals surface area contributed by atoms with E-state index < -0.39 is 0 Å². The summed E-state index contributed by atoms with van der Waals surface area (Å²) in [4.78, 5) is 9.19. The number of hydrazine groups is 1. The minimum Gasteiger partial charge on any atom is -0.308 e. The van der Waals surface area contributed by atoms with Crippen LogP contribution in [0.4, 0.5) is 5.82 Å². The molecule has 0 saturated heterocycles. The maximum atomic E-state index is 5.52. The molecule has 0 bridgehead atoms. The normalized spacial score (nSPS) is 10.7. The summed E-state index contributed by atoms with van der Waals surface area (Å²) < 4.78 is 0. The van der Waals surface area contributed by atoms with Crippen molar-refractivity contribution in [1.82, 2.24) is 9.97 Å². The quantitative estimate of drug-likeness (QED) is 0.661. The molecule has 4 nitrogen and oxygen atoms in total. The van der Waals surface area contributed by atoms with Crippen LogP contribution in [0.1, 0.15) is 35.7 Å². The highest BCUT2D eigenvalue weighted by Gasteiger charge is 2.12. The molecule has 0 unspecified atom stereocenters. The molecule has 1 heterocycles. The lowest BCUT2D eigenvalue weighted by Crippen LogP contribution is -2.11. The van der Waals surface area contributed by atoms with E-state index in [-0.39, 0.29) is 0 Å². The predicted octanol–water partition coefficient (Wildman–Crippen LogP) is 3.31. The number of nitrogens with two attached hydrogens (primary N) is 1. The van der Waals surface area contributed by atoms with Gasteiger partial charge in [0.1, 0.15) is 5.82 Å². The molecule has 0 radical (unpaired) electrons. The van der Waals surface area contributed by atoms with Crippen LogP contribution in [0.5, 0.6) is 0 Å². The number of anilines is 1. The fraction of sp³-hybridized carbons (Fsp3) is 0.375. The molecular formula is C16H22N4. The largest absolute Gasteiger partial charge is 0.308 e. The predicted molar refractivity (Wildman–Crippen MR) is 83.5 cm³/mol. The van der Waals surface area contributed by atoms with Gasteiger partial charge in [-0.2, -0.15) is 0 Å². The number of nitrogens with one attached hydrogen (secondary N) is 1. The lowest BCUT2D eigenvalue weighted by atomic mass is 9.99. The van der Waals surface area contributed by atoms with Gasteiger partial charge in [0, 0.05) is 17.3 Å². The molecule has 106 valence electrons. The Bertz CT molecular complexity index is 597. The molecule has 0 aliphatic carbocycles. The van der Waals surface area contributed by atoms with Gasteiger partial charge in [-0.1, -0.05) is 31.0 Å². The van der Waals surface area contributed by atoms with Crippen molar-refractivity contribution in [3.63, 3.8) is 0 Å². The zero-order valence-electron chi connectivity index (χ0n) is 12.6. The van der Waals surface area contributed by atoms with E-state index in [1.165, 1.54) is 16.7 Å². The van der Waals surface area contributed by atoms with Crippen LogP contribution in [-0.4, -0.2) is 9.97 Å². The molecule has 2 rings (SSSR count). The molecule has 0 amide bonds. The van der Waals surface area contributed by atoms with Crippen molar-refractivity contribution in [3.05, 3.63) is 40.6 Å². The molecule has 20 heavy (non-hydrogen) atoms. The van der Waals surface area contributed by atoms with Crippen molar-refractivity contribution >= 4 is 5.82 Å². The molecule has 4 heteroatoms. The third-order valence-electron chi connectivity index (χ3n) is 3.33. The van der Waals surface area contributed by atoms with E-state index >= 15 is 0 Å². The van der Waals surface area contributed by atoms with Crippen molar-refractivity contribution in [2.75, 3.05) is 5.43 Å². The maximum Gasteiger partial charge on any atom is 0.162 e. The number of nitrogen functional groups attached to an aromatic ring is 1. The Labute approximate surface area is 120 Å². The molecular weight excluding hydrogens is 248 g/mol. The molecule has 0 fully saturated rings. The van der Waals surface area contributed by atoms with Crippen LogP contribution >= 0.6 is 0 Å². The van der Waals surface area contributed by atoms with Gasteiger partial charge in [0.25, 0.3) is 0 Å². The van der Waals surface area contributed by atoms with Crippen LogP contribution in [0, 0.1) is 20.8 Å². The number of hydrogen-bond donors (Lipinski definition) is 2. The second kappa shape index (κ2) is 6.01. The minimum absolute atomic E-state index is 0.665. The summed E-state index contributed by atoms with van der Waals surface area (Å²) in [5, 5.41) is 0. The SMILES string of the molecule is CCCc1cc(NN)nc(-c2c(C)cc(C)cc2C)n1. The molecule has 0 spiro atoms. The Hall–Kier alpha value is -1.94. The first-order valence-electron chi connectivity index (χ1n) is 6.98. The van der Waals surface area contributed by atoms with Crippen LogP contribution in [0.3, 0.4) is 0 Å². The summed E-state index contributed by atoms with van der Waals surface area (Å²) in [5.74, 6) is 6.94. The summed E-state index contributed by atoms with van der Waals surface area (Å²) in [6.07, 6.45) is 1.97. The third kappa shape index (κ3) is 2.96. The highest BCUT2D eigenvalue weighted by atomic mass is 15.3. The van der Waals surface area contributed by atoms with Gasteiger partial charge >= 0.3 is 0 Å². The van der Waals surface area contributed by atoms with E-state index in [4.69, 9.17) is 5.84 Å². The molecule has 0 aliphatic rings. The average molecular weight is 270 g/mol. The number of hydrogen-bond acceptors (Lipinski definition) is 4. The maximum absolute atomic E-state index is 5.52. The Balaban J connectivity index is 2.60. The van der Waals surface area contributed by atoms with Crippen LogP contribution in [0.2, 0.25) is 0 Å². The third-order valence-corrected chi connectivity index (χ3v) is 3.33. The Morgan fingerprint density at radius 3 is 2.25 bits per heavy atom. The van der Waals surface area contributed by atoms with Gasteiger partial charge in [0.05, 0.1) is 0 Å². The first-order valence-corrected chi connectivity index (χ1v) is 6.98. The van der Waals surface area contributed by atoms with Gasteiger partial charge in [0.15, 0.2) is 5.82 Å².